The number of anilines is 6. The lowest BCUT2D eigenvalue weighted by Crippen LogP contribution is -2.10. The SMILES string of the molecule is C=C(Cc1ccc(N(c2ccccc2)c2ccc(-c3ccc(N(c4ccccc4)c4ccc(CCCCC)cc4)cc3)cc2)cc1)C(C)CC. The molecule has 50 heavy (non-hydrogen) atoms. The summed E-state index contributed by atoms with van der Waals surface area (Å²) in [6.07, 6.45) is 6.95. The average Bonchev–Trinajstić information content (AvgIpc) is 3.17. The maximum Gasteiger partial charge on any atom is 0.0462 e. The van der Waals surface area contributed by atoms with Crippen molar-refractivity contribution in [3.05, 3.63) is 181 Å². The van der Waals surface area contributed by atoms with Gasteiger partial charge in [0.1, 0.15) is 0 Å². The Morgan fingerprint density at radius 2 is 0.860 bits per heavy atom. The molecule has 2 heteroatoms. The largest absolute Gasteiger partial charge is 0.311 e. The Kier molecular flexibility index (Phi) is 11.6. The van der Waals surface area contributed by atoms with Crippen LogP contribution in [0.5, 0.6) is 0 Å². The van der Waals surface area contributed by atoms with Crippen LogP contribution in [0.1, 0.15) is 57.6 Å². The van der Waals surface area contributed by atoms with Gasteiger partial charge in [-0.05, 0) is 127 Å². The molecule has 0 saturated heterocycles. The summed E-state index contributed by atoms with van der Waals surface area (Å²) in [6.45, 7) is 11.1. The van der Waals surface area contributed by atoms with E-state index in [0.717, 1.165) is 47.7 Å². The second-order valence-corrected chi connectivity index (χ2v) is 13.4. The van der Waals surface area contributed by atoms with E-state index in [1.165, 1.54) is 52.8 Å². The number of aryl methyl sites for hydroxylation is 1. The van der Waals surface area contributed by atoms with Gasteiger partial charge >= 0.3 is 0 Å². The number of hydrogen-bond acceptors (Lipinski definition) is 2. The van der Waals surface area contributed by atoms with Crippen LogP contribution >= 0.6 is 0 Å². The molecule has 0 heterocycles. The standard InChI is InChI=1S/C48H50N2/c1-5-7-10-15-39-20-28-45(29-21-39)49(43-16-11-8-12-17-43)47-32-24-41(25-33-47)42-26-34-48(35-27-42)50(44-18-13-9-14-19-44)46-30-22-40(23-31-46)36-38(4)37(3)6-2/h8-9,11-14,16-35,37H,4-7,10,15,36H2,1-3H3. The lowest BCUT2D eigenvalue weighted by Gasteiger charge is -2.26. The zero-order valence-corrected chi connectivity index (χ0v) is 29.9. The molecule has 0 fully saturated rings. The van der Waals surface area contributed by atoms with Crippen LogP contribution in [0.4, 0.5) is 34.1 Å². The van der Waals surface area contributed by atoms with E-state index in [1.807, 2.05) is 0 Å². The molecular formula is C48H50N2. The Bertz CT molecular complexity index is 1910. The second kappa shape index (κ2) is 16.9. The first-order chi connectivity index (χ1) is 24.5. The van der Waals surface area contributed by atoms with Crippen molar-refractivity contribution in [3.8, 4) is 11.1 Å². The molecule has 0 N–H and O–H groups in total. The van der Waals surface area contributed by atoms with Gasteiger partial charge in [-0.2, -0.15) is 0 Å². The molecule has 6 aromatic rings. The number of nitrogens with zero attached hydrogens (tertiary/aromatic N) is 2. The van der Waals surface area contributed by atoms with Gasteiger partial charge in [-0.3, -0.25) is 0 Å². The first kappa shape index (κ1) is 34.5. The minimum atomic E-state index is 0.533. The maximum atomic E-state index is 4.35. The maximum absolute atomic E-state index is 4.35. The van der Waals surface area contributed by atoms with Crippen LogP contribution in [-0.2, 0) is 12.8 Å². The quantitative estimate of drug-likeness (QED) is 0.0803. The van der Waals surface area contributed by atoms with E-state index in [4.69, 9.17) is 0 Å². The van der Waals surface area contributed by atoms with Crippen molar-refractivity contribution in [3.63, 3.8) is 0 Å². The summed E-state index contributed by atoms with van der Waals surface area (Å²) in [5.74, 6) is 0.533. The zero-order valence-electron chi connectivity index (χ0n) is 29.9. The number of para-hydroxylation sites is 2. The fourth-order valence-electron chi connectivity index (χ4n) is 6.53. The van der Waals surface area contributed by atoms with E-state index in [9.17, 15) is 0 Å². The summed E-state index contributed by atoms with van der Waals surface area (Å²) >= 11 is 0. The van der Waals surface area contributed by atoms with Gasteiger partial charge in [0.2, 0.25) is 0 Å². The van der Waals surface area contributed by atoms with Crippen LogP contribution in [0.25, 0.3) is 11.1 Å². The highest BCUT2D eigenvalue weighted by atomic mass is 15.1. The molecule has 0 bridgehead atoms. The molecular weight excluding hydrogens is 605 g/mol. The molecule has 0 spiro atoms. The Morgan fingerprint density at radius 1 is 0.480 bits per heavy atom. The van der Waals surface area contributed by atoms with Crippen LogP contribution in [0.3, 0.4) is 0 Å². The first-order valence-electron chi connectivity index (χ1n) is 18.3. The zero-order chi connectivity index (χ0) is 34.7. The molecule has 0 amide bonds. The fraction of sp³-hybridized carbons (Fsp3) is 0.208. The summed E-state index contributed by atoms with van der Waals surface area (Å²) in [4.78, 5) is 4.67. The van der Waals surface area contributed by atoms with Gasteiger partial charge in [-0.25, -0.2) is 0 Å². The van der Waals surface area contributed by atoms with Gasteiger partial charge in [0.05, 0.1) is 0 Å². The van der Waals surface area contributed by atoms with Crippen LogP contribution in [-0.4, -0.2) is 0 Å². The molecule has 1 atom stereocenters. The minimum Gasteiger partial charge on any atom is -0.311 e. The number of rotatable bonds is 15. The van der Waals surface area contributed by atoms with Crippen molar-refractivity contribution in [2.45, 2.75) is 59.3 Å². The third kappa shape index (κ3) is 8.44. The van der Waals surface area contributed by atoms with E-state index in [2.05, 4.69) is 195 Å². The van der Waals surface area contributed by atoms with E-state index in [1.54, 1.807) is 0 Å². The number of hydrogen-bond donors (Lipinski definition) is 0. The van der Waals surface area contributed by atoms with Gasteiger partial charge in [0.25, 0.3) is 0 Å². The van der Waals surface area contributed by atoms with Crippen LogP contribution in [0, 0.1) is 5.92 Å². The lowest BCUT2D eigenvalue weighted by molar-refractivity contribution is 0.641. The molecule has 2 nitrogen and oxygen atoms in total. The van der Waals surface area contributed by atoms with E-state index < -0.39 is 0 Å². The Labute approximate surface area is 300 Å². The first-order valence-corrected chi connectivity index (χ1v) is 18.3. The number of unbranched alkanes of at least 4 members (excludes halogenated alkanes) is 2. The predicted octanol–water partition coefficient (Wildman–Crippen LogP) is 14.2. The Balaban J connectivity index is 1.24. The molecule has 6 aromatic carbocycles. The molecule has 0 aliphatic carbocycles. The molecule has 0 aromatic heterocycles. The summed E-state index contributed by atoms with van der Waals surface area (Å²) in [7, 11) is 0. The monoisotopic (exact) mass is 654 g/mol. The fourth-order valence-corrected chi connectivity index (χ4v) is 6.53. The summed E-state index contributed by atoms with van der Waals surface area (Å²) < 4.78 is 0. The van der Waals surface area contributed by atoms with Crippen molar-refractivity contribution in [1.82, 2.24) is 0 Å². The predicted molar refractivity (Wildman–Crippen MR) is 217 cm³/mol. The van der Waals surface area contributed by atoms with Crippen LogP contribution < -0.4 is 9.80 Å². The van der Waals surface area contributed by atoms with Gasteiger partial charge in [0, 0.05) is 34.1 Å². The highest BCUT2D eigenvalue weighted by Gasteiger charge is 2.15. The molecule has 6 rings (SSSR count). The van der Waals surface area contributed by atoms with E-state index in [0.29, 0.717) is 5.92 Å². The van der Waals surface area contributed by atoms with Crippen molar-refractivity contribution in [2.24, 2.45) is 5.92 Å². The van der Waals surface area contributed by atoms with Crippen LogP contribution in [0.2, 0.25) is 0 Å². The highest BCUT2D eigenvalue weighted by molar-refractivity contribution is 5.80. The van der Waals surface area contributed by atoms with E-state index >= 15 is 0 Å². The van der Waals surface area contributed by atoms with Gasteiger partial charge in [-0.1, -0.05) is 131 Å². The molecule has 1 unspecified atom stereocenters. The van der Waals surface area contributed by atoms with Crippen molar-refractivity contribution < 1.29 is 0 Å². The Morgan fingerprint density at radius 3 is 1.26 bits per heavy atom. The average molecular weight is 655 g/mol. The molecule has 252 valence electrons. The van der Waals surface area contributed by atoms with Crippen molar-refractivity contribution >= 4 is 34.1 Å². The number of allylic oxidation sites excluding steroid dienone is 1. The normalized spacial score (nSPS) is 11.6. The third-order valence-corrected chi connectivity index (χ3v) is 9.81. The highest BCUT2D eigenvalue weighted by Crippen LogP contribution is 2.38. The topological polar surface area (TPSA) is 6.48 Å². The third-order valence-electron chi connectivity index (χ3n) is 9.81. The second-order valence-electron chi connectivity index (χ2n) is 13.4. The lowest BCUT2D eigenvalue weighted by atomic mass is 9.94. The van der Waals surface area contributed by atoms with Gasteiger partial charge < -0.3 is 9.80 Å². The van der Waals surface area contributed by atoms with Crippen molar-refractivity contribution in [2.75, 3.05) is 9.80 Å². The molecule has 0 aliphatic rings. The van der Waals surface area contributed by atoms with Crippen molar-refractivity contribution in [1.29, 1.82) is 0 Å². The van der Waals surface area contributed by atoms with Gasteiger partial charge in [0.15, 0.2) is 0 Å². The van der Waals surface area contributed by atoms with Gasteiger partial charge in [-0.15, -0.1) is 0 Å². The summed E-state index contributed by atoms with van der Waals surface area (Å²) in [6, 6.07) is 57.2. The smallest absolute Gasteiger partial charge is 0.0462 e. The van der Waals surface area contributed by atoms with E-state index in [-0.39, 0.29) is 0 Å². The van der Waals surface area contributed by atoms with Crippen LogP contribution in [0.15, 0.2) is 170 Å². The molecule has 0 saturated carbocycles. The number of benzene rings is 6. The molecule has 0 aliphatic heterocycles. The minimum absolute atomic E-state index is 0.533. The Hall–Kier alpha value is -5.34. The summed E-state index contributed by atoms with van der Waals surface area (Å²) in [5.41, 5.74) is 13.2. The molecule has 0 radical (unpaired) electrons. The summed E-state index contributed by atoms with van der Waals surface area (Å²) in [5, 5.41) is 0.